The first-order chi connectivity index (χ1) is 17.3. The maximum atomic E-state index is 14.3. The Balaban J connectivity index is 2.04. The Kier molecular flexibility index (Phi) is 9.05. The predicted octanol–water partition coefficient (Wildman–Crippen LogP) is 2.77. The van der Waals surface area contributed by atoms with Crippen LogP contribution in [-0.4, -0.2) is 40.4 Å². The maximum absolute atomic E-state index is 14.3. The number of phenolic OH excluding ortho intramolecular Hbond substituents is 1. The Morgan fingerprint density at radius 3 is 2.00 bits per heavy atom. The van der Waals surface area contributed by atoms with Gasteiger partial charge in [0.05, 0.1) is 5.92 Å². The molecule has 0 aliphatic carbocycles. The number of nitrogens with two attached hydrogens (primary N) is 3. The summed E-state index contributed by atoms with van der Waals surface area (Å²) in [6.07, 6.45) is 0.760. The molecule has 36 heavy (non-hydrogen) atoms. The van der Waals surface area contributed by atoms with Crippen LogP contribution in [0.15, 0.2) is 83.9 Å². The van der Waals surface area contributed by atoms with Crippen molar-refractivity contribution in [1.82, 2.24) is 4.90 Å². The molecular formula is C28H33N5O3. The SMILES string of the molecule is Cc1cc(CN(C(=O)C(c2ccccc2)c2ccccc2)[C@@H](CCCN=C(N)N)C(N)=O)ccc1O. The van der Waals surface area contributed by atoms with E-state index in [9.17, 15) is 14.7 Å². The summed E-state index contributed by atoms with van der Waals surface area (Å²) in [5.74, 6) is -1.37. The van der Waals surface area contributed by atoms with Gasteiger partial charge in [0.25, 0.3) is 0 Å². The molecule has 0 radical (unpaired) electrons. The number of amides is 2. The zero-order valence-corrected chi connectivity index (χ0v) is 20.4. The molecule has 8 heteroatoms. The molecule has 0 heterocycles. The van der Waals surface area contributed by atoms with Crippen molar-refractivity contribution >= 4 is 17.8 Å². The molecule has 188 valence electrons. The van der Waals surface area contributed by atoms with Gasteiger partial charge in [-0.15, -0.1) is 0 Å². The fraction of sp³-hybridized carbons (Fsp3) is 0.250. The molecule has 8 nitrogen and oxygen atoms in total. The second-order valence-electron chi connectivity index (χ2n) is 8.71. The zero-order chi connectivity index (χ0) is 26.1. The topological polar surface area (TPSA) is 148 Å². The first-order valence-electron chi connectivity index (χ1n) is 11.8. The number of carbonyl (C=O) groups excluding carboxylic acids is 2. The molecule has 2 amide bonds. The minimum atomic E-state index is -0.879. The molecule has 0 aliphatic rings. The van der Waals surface area contributed by atoms with Gasteiger partial charge in [0, 0.05) is 13.1 Å². The summed E-state index contributed by atoms with van der Waals surface area (Å²) < 4.78 is 0. The van der Waals surface area contributed by atoms with E-state index in [0.717, 1.165) is 16.7 Å². The lowest BCUT2D eigenvalue weighted by Crippen LogP contribution is -2.49. The summed E-state index contributed by atoms with van der Waals surface area (Å²) in [5.41, 5.74) is 19.8. The molecule has 0 saturated heterocycles. The highest BCUT2D eigenvalue weighted by Crippen LogP contribution is 2.30. The van der Waals surface area contributed by atoms with Crippen molar-refractivity contribution in [1.29, 1.82) is 0 Å². The number of phenols is 1. The number of guanidine groups is 1. The number of carbonyl (C=O) groups is 2. The van der Waals surface area contributed by atoms with E-state index in [1.165, 1.54) is 4.90 Å². The highest BCUT2D eigenvalue weighted by Gasteiger charge is 2.34. The van der Waals surface area contributed by atoms with Crippen LogP contribution in [0.3, 0.4) is 0 Å². The lowest BCUT2D eigenvalue weighted by Gasteiger charge is -2.33. The number of primary amides is 1. The van der Waals surface area contributed by atoms with Gasteiger partial charge in [-0.25, -0.2) is 0 Å². The quantitative estimate of drug-likeness (QED) is 0.186. The summed E-state index contributed by atoms with van der Waals surface area (Å²) >= 11 is 0. The normalized spacial score (nSPS) is 11.6. The lowest BCUT2D eigenvalue weighted by molar-refractivity contribution is -0.141. The molecular weight excluding hydrogens is 454 g/mol. The van der Waals surface area contributed by atoms with Crippen LogP contribution in [-0.2, 0) is 16.1 Å². The second-order valence-corrected chi connectivity index (χ2v) is 8.71. The van der Waals surface area contributed by atoms with E-state index < -0.39 is 17.9 Å². The summed E-state index contributed by atoms with van der Waals surface area (Å²) in [6.45, 7) is 2.24. The fourth-order valence-corrected chi connectivity index (χ4v) is 4.23. The Morgan fingerprint density at radius 1 is 0.917 bits per heavy atom. The summed E-state index contributed by atoms with van der Waals surface area (Å²) in [6, 6.07) is 23.1. The average Bonchev–Trinajstić information content (AvgIpc) is 2.86. The Labute approximate surface area is 211 Å². The van der Waals surface area contributed by atoms with Crippen LogP contribution >= 0.6 is 0 Å². The van der Waals surface area contributed by atoms with Gasteiger partial charge in [-0.05, 0) is 48.1 Å². The number of nitrogens with zero attached hydrogens (tertiary/aromatic N) is 2. The number of hydrogen-bond acceptors (Lipinski definition) is 4. The molecule has 0 bridgehead atoms. The largest absolute Gasteiger partial charge is 0.508 e. The van der Waals surface area contributed by atoms with Crippen LogP contribution < -0.4 is 17.2 Å². The van der Waals surface area contributed by atoms with Crippen LogP contribution in [0, 0.1) is 6.92 Å². The van der Waals surface area contributed by atoms with Crippen LogP contribution in [0.2, 0.25) is 0 Å². The van der Waals surface area contributed by atoms with E-state index in [0.29, 0.717) is 24.9 Å². The molecule has 3 rings (SSSR count). The smallest absolute Gasteiger partial charge is 0.240 e. The third-order valence-electron chi connectivity index (χ3n) is 6.04. The molecule has 3 aromatic carbocycles. The Hall–Kier alpha value is -4.33. The summed E-state index contributed by atoms with van der Waals surface area (Å²) in [5, 5.41) is 9.97. The zero-order valence-electron chi connectivity index (χ0n) is 20.4. The monoisotopic (exact) mass is 487 g/mol. The summed E-state index contributed by atoms with van der Waals surface area (Å²) in [7, 11) is 0. The lowest BCUT2D eigenvalue weighted by atomic mass is 9.89. The first kappa shape index (κ1) is 26.3. The van der Waals surface area contributed by atoms with E-state index in [-0.39, 0.29) is 24.2 Å². The van der Waals surface area contributed by atoms with Gasteiger partial charge in [-0.2, -0.15) is 0 Å². The van der Waals surface area contributed by atoms with E-state index in [1.54, 1.807) is 25.1 Å². The van der Waals surface area contributed by atoms with E-state index in [4.69, 9.17) is 17.2 Å². The van der Waals surface area contributed by atoms with Crippen molar-refractivity contribution in [2.24, 2.45) is 22.2 Å². The highest BCUT2D eigenvalue weighted by molar-refractivity contribution is 5.92. The molecule has 1 atom stereocenters. The molecule has 7 N–H and O–H groups in total. The Bertz CT molecular complexity index is 1150. The Morgan fingerprint density at radius 2 is 1.50 bits per heavy atom. The van der Waals surface area contributed by atoms with Gasteiger partial charge in [0.1, 0.15) is 11.8 Å². The van der Waals surface area contributed by atoms with Crippen LogP contribution in [0.4, 0.5) is 0 Å². The molecule has 0 aliphatic heterocycles. The number of aromatic hydroxyl groups is 1. The van der Waals surface area contributed by atoms with Crippen molar-refractivity contribution in [3.8, 4) is 5.75 Å². The molecule has 3 aromatic rings. The number of aliphatic imine (C=N–C) groups is 1. The van der Waals surface area contributed by atoms with Gasteiger partial charge < -0.3 is 27.2 Å². The third kappa shape index (κ3) is 6.85. The van der Waals surface area contributed by atoms with Gasteiger partial charge in [0.15, 0.2) is 5.96 Å². The first-order valence-corrected chi connectivity index (χ1v) is 11.8. The van der Waals surface area contributed by atoms with Gasteiger partial charge >= 0.3 is 0 Å². The van der Waals surface area contributed by atoms with Crippen molar-refractivity contribution in [2.75, 3.05) is 6.54 Å². The van der Waals surface area contributed by atoms with Crippen molar-refractivity contribution in [3.63, 3.8) is 0 Å². The van der Waals surface area contributed by atoms with E-state index in [2.05, 4.69) is 4.99 Å². The van der Waals surface area contributed by atoms with Gasteiger partial charge in [-0.3, -0.25) is 14.6 Å². The number of hydrogen-bond donors (Lipinski definition) is 4. The average molecular weight is 488 g/mol. The number of aryl methyl sites for hydroxylation is 1. The minimum absolute atomic E-state index is 0.0358. The number of rotatable bonds is 11. The van der Waals surface area contributed by atoms with Gasteiger partial charge in [0.2, 0.25) is 11.8 Å². The van der Waals surface area contributed by atoms with Gasteiger partial charge in [-0.1, -0.05) is 72.8 Å². The van der Waals surface area contributed by atoms with E-state index in [1.807, 2.05) is 60.7 Å². The van der Waals surface area contributed by atoms with Crippen molar-refractivity contribution in [3.05, 3.63) is 101 Å². The van der Waals surface area contributed by atoms with Crippen LogP contribution in [0.5, 0.6) is 5.75 Å². The molecule has 0 aromatic heterocycles. The molecule has 0 unspecified atom stereocenters. The van der Waals surface area contributed by atoms with E-state index >= 15 is 0 Å². The highest BCUT2D eigenvalue weighted by atomic mass is 16.3. The molecule has 0 spiro atoms. The minimum Gasteiger partial charge on any atom is -0.508 e. The predicted molar refractivity (Wildman–Crippen MR) is 141 cm³/mol. The molecule has 0 fully saturated rings. The third-order valence-corrected chi connectivity index (χ3v) is 6.04. The number of benzene rings is 3. The molecule has 0 saturated carbocycles. The fourth-order valence-electron chi connectivity index (χ4n) is 4.23. The standard InChI is InChI=1S/C28H33N5O3/c1-19-17-20(14-15-24(19)34)18-33(23(26(29)35)13-8-16-32-28(30)31)27(36)25(21-9-4-2-5-10-21)22-11-6-3-7-12-22/h2-7,9-12,14-15,17,23,25,34H,8,13,16,18H2,1H3,(H2,29,35)(H4,30,31,32)/t23-/m0/s1. The van der Waals surface area contributed by atoms with Crippen LogP contribution in [0.1, 0.15) is 41.0 Å². The van der Waals surface area contributed by atoms with Crippen molar-refractivity contribution in [2.45, 2.75) is 38.3 Å². The summed E-state index contributed by atoms with van der Waals surface area (Å²) in [4.78, 5) is 32.5. The second kappa shape index (κ2) is 12.4. The van der Waals surface area contributed by atoms with Crippen LogP contribution in [0.25, 0.3) is 0 Å². The maximum Gasteiger partial charge on any atom is 0.240 e. The van der Waals surface area contributed by atoms with Crippen molar-refractivity contribution < 1.29 is 14.7 Å².